The third kappa shape index (κ3) is 4.61. The van der Waals surface area contributed by atoms with Gasteiger partial charge in [-0.1, -0.05) is 23.7 Å². The van der Waals surface area contributed by atoms with E-state index in [2.05, 4.69) is 9.97 Å². The van der Waals surface area contributed by atoms with Crippen molar-refractivity contribution < 1.29 is 19.4 Å². The Labute approximate surface area is 204 Å². The molecule has 3 aromatic rings. The summed E-state index contributed by atoms with van der Waals surface area (Å²) in [6, 6.07) is 6.84. The number of nitrogens with zero attached hydrogens (tertiary/aromatic N) is 5. The molecule has 2 aromatic heterocycles. The van der Waals surface area contributed by atoms with E-state index in [-0.39, 0.29) is 24.3 Å². The topological polar surface area (TPSA) is 143 Å². The number of carboxylic acid groups (broad SMARTS) is 1. The molecule has 0 radical (unpaired) electrons. The quantitative estimate of drug-likeness (QED) is 0.513. The summed E-state index contributed by atoms with van der Waals surface area (Å²) in [6.45, 7) is 5.54. The third-order valence-corrected chi connectivity index (χ3v) is 5.96. The maximum absolute atomic E-state index is 13.5. The molecular formula is C22H25ClN6O6. The number of carbonyl (C=O) groups is 2. The fourth-order valence-electron chi connectivity index (χ4n) is 3.71. The highest BCUT2D eigenvalue weighted by Crippen LogP contribution is 2.29. The summed E-state index contributed by atoms with van der Waals surface area (Å²) >= 11 is 6.46. The molecule has 13 heteroatoms. The Hall–Kier alpha value is -3.80. The molecule has 1 saturated heterocycles. The van der Waals surface area contributed by atoms with Gasteiger partial charge in [0, 0.05) is 26.2 Å². The predicted octanol–water partition coefficient (Wildman–Crippen LogP) is 1.88. The van der Waals surface area contributed by atoms with E-state index in [1.807, 2.05) is 4.90 Å². The smallest absolute Gasteiger partial charge is 0.407 e. The molecule has 0 unspecified atom stereocenters. The second kappa shape index (κ2) is 9.10. The van der Waals surface area contributed by atoms with Crippen LogP contribution in [-0.2, 0) is 16.3 Å². The first-order valence-electron chi connectivity index (χ1n) is 10.9. The zero-order valence-corrected chi connectivity index (χ0v) is 20.2. The maximum atomic E-state index is 13.5. The van der Waals surface area contributed by atoms with Crippen LogP contribution in [0.5, 0.6) is 0 Å². The van der Waals surface area contributed by atoms with Crippen molar-refractivity contribution >= 4 is 40.8 Å². The number of aromatic nitrogens is 4. The molecule has 1 amide bonds. The number of rotatable bonds is 4. The Morgan fingerprint density at radius 1 is 1.14 bits per heavy atom. The molecule has 12 nitrogen and oxygen atoms in total. The summed E-state index contributed by atoms with van der Waals surface area (Å²) in [6.07, 6.45) is -1.01. The standard InChI is InChI=1S/C22H25ClN6O6/c1-22(2,3)18(31)35-12-28-17(30)15-16(25-20(28)32)24-19(26-8-10-27(11-9-26)21(33)34)29(15)14-7-5-4-6-13(14)23/h4-7H,8-12H2,1-3H3,(H,25,32)(H,33,34). The Balaban J connectivity index is 1.86. The van der Waals surface area contributed by atoms with Crippen LogP contribution in [0.25, 0.3) is 16.9 Å². The van der Waals surface area contributed by atoms with Crippen LogP contribution in [-0.4, -0.2) is 67.4 Å². The lowest BCUT2D eigenvalue weighted by Crippen LogP contribution is -2.49. The van der Waals surface area contributed by atoms with Crippen LogP contribution in [0, 0.1) is 5.41 Å². The van der Waals surface area contributed by atoms with Crippen LogP contribution in [0.4, 0.5) is 10.7 Å². The lowest BCUT2D eigenvalue weighted by atomic mass is 9.98. The first-order chi connectivity index (χ1) is 16.5. The van der Waals surface area contributed by atoms with Crippen LogP contribution >= 0.6 is 11.6 Å². The van der Waals surface area contributed by atoms with Crippen molar-refractivity contribution in [3.63, 3.8) is 0 Å². The monoisotopic (exact) mass is 504 g/mol. The minimum Gasteiger partial charge on any atom is -0.465 e. The number of aromatic amines is 1. The number of hydrogen-bond acceptors (Lipinski definition) is 7. The van der Waals surface area contributed by atoms with Crippen LogP contribution in [0.1, 0.15) is 20.8 Å². The first-order valence-corrected chi connectivity index (χ1v) is 11.3. The molecule has 0 atom stereocenters. The average Bonchev–Trinajstić information content (AvgIpc) is 3.17. The number of piperazine rings is 1. The number of imidazole rings is 1. The lowest BCUT2D eigenvalue weighted by Gasteiger charge is -2.34. The number of esters is 1. The molecular weight excluding hydrogens is 480 g/mol. The van der Waals surface area contributed by atoms with Gasteiger partial charge in [0.2, 0.25) is 5.95 Å². The molecule has 0 bridgehead atoms. The number of anilines is 1. The van der Waals surface area contributed by atoms with Gasteiger partial charge >= 0.3 is 17.8 Å². The molecule has 0 aliphatic carbocycles. The van der Waals surface area contributed by atoms with E-state index < -0.39 is 35.5 Å². The SMILES string of the molecule is CC(C)(C)C(=O)OCn1c(=O)[nH]c2nc(N3CCN(C(=O)O)CC3)n(-c3ccccc3Cl)c2c1=O. The normalized spacial score (nSPS) is 14.4. The van der Waals surface area contributed by atoms with E-state index in [0.29, 0.717) is 29.7 Å². The summed E-state index contributed by atoms with van der Waals surface area (Å²) < 4.78 is 7.53. The van der Waals surface area contributed by atoms with Crippen LogP contribution in [0.2, 0.25) is 5.02 Å². The van der Waals surface area contributed by atoms with E-state index in [0.717, 1.165) is 4.57 Å². The van der Waals surface area contributed by atoms with Gasteiger partial charge < -0.3 is 19.6 Å². The third-order valence-electron chi connectivity index (χ3n) is 5.64. The second-order valence-electron chi connectivity index (χ2n) is 9.13. The summed E-state index contributed by atoms with van der Waals surface area (Å²) in [5, 5.41) is 9.61. The van der Waals surface area contributed by atoms with E-state index in [9.17, 15) is 24.3 Å². The Kier molecular flexibility index (Phi) is 6.32. The molecule has 1 aliphatic heterocycles. The molecule has 186 valence electrons. The number of halogens is 1. The number of para-hydroxylation sites is 1. The summed E-state index contributed by atoms with van der Waals surface area (Å²) in [5.41, 5.74) is -1.78. The van der Waals surface area contributed by atoms with Crippen molar-refractivity contribution in [2.45, 2.75) is 27.5 Å². The highest BCUT2D eigenvalue weighted by molar-refractivity contribution is 6.32. The van der Waals surface area contributed by atoms with Gasteiger partial charge in [0.05, 0.1) is 16.1 Å². The molecule has 3 heterocycles. The van der Waals surface area contributed by atoms with Crippen molar-refractivity contribution in [3.8, 4) is 5.69 Å². The lowest BCUT2D eigenvalue weighted by molar-refractivity contribution is -0.157. The van der Waals surface area contributed by atoms with Crippen LogP contribution in [0.3, 0.4) is 0 Å². The molecule has 4 rings (SSSR count). The largest absolute Gasteiger partial charge is 0.465 e. The molecule has 1 aliphatic rings. The van der Waals surface area contributed by atoms with Crippen molar-refractivity contribution in [1.29, 1.82) is 0 Å². The number of carbonyl (C=O) groups excluding carboxylic acids is 1. The number of H-pyrrole nitrogens is 1. The van der Waals surface area contributed by atoms with E-state index >= 15 is 0 Å². The van der Waals surface area contributed by atoms with Crippen molar-refractivity contribution in [2.75, 3.05) is 31.1 Å². The first kappa shape index (κ1) is 24.3. The van der Waals surface area contributed by atoms with Gasteiger partial charge in [0.25, 0.3) is 5.56 Å². The fraction of sp³-hybridized carbons (Fsp3) is 0.409. The second-order valence-corrected chi connectivity index (χ2v) is 9.53. The average molecular weight is 505 g/mol. The fourth-order valence-corrected chi connectivity index (χ4v) is 3.93. The van der Waals surface area contributed by atoms with Gasteiger partial charge in [-0.15, -0.1) is 0 Å². The number of benzene rings is 1. The zero-order chi connectivity index (χ0) is 25.5. The molecule has 1 aromatic carbocycles. The predicted molar refractivity (Wildman–Crippen MR) is 128 cm³/mol. The molecule has 2 N–H and O–H groups in total. The van der Waals surface area contributed by atoms with E-state index in [4.69, 9.17) is 16.3 Å². The molecule has 0 spiro atoms. The molecule has 35 heavy (non-hydrogen) atoms. The van der Waals surface area contributed by atoms with E-state index in [1.165, 1.54) is 9.47 Å². The minimum absolute atomic E-state index is 0.0361. The van der Waals surface area contributed by atoms with E-state index in [1.54, 1.807) is 45.0 Å². The highest BCUT2D eigenvalue weighted by Gasteiger charge is 2.28. The van der Waals surface area contributed by atoms with Gasteiger partial charge in [0.1, 0.15) is 0 Å². The Morgan fingerprint density at radius 3 is 2.40 bits per heavy atom. The molecule has 0 saturated carbocycles. The number of amides is 1. The maximum Gasteiger partial charge on any atom is 0.407 e. The van der Waals surface area contributed by atoms with Crippen molar-refractivity contribution in [2.24, 2.45) is 5.41 Å². The summed E-state index contributed by atoms with van der Waals surface area (Å²) in [5.74, 6) is -0.240. The van der Waals surface area contributed by atoms with Crippen LogP contribution in [0.15, 0.2) is 33.9 Å². The number of hydrogen-bond donors (Lipinski definition) is 2. The number of fused-ring (bicyclic) bond motifs is 1. The van der Waals surface area contributed by atoms with Crippen molar-refractivity contribution in [1.82, 2.24) is 24.0 Å². The van der Waals surface area contributed by atoms with Gasteiger partial charge in [-0.2, -0.15) is 4.98 Å². The number of nitrogens with one attached hydrogen (secondary N) is 1. The molecule has 1 fully saturated rings. The highest BCUT2D eigenvalue weighted by atomic mass is 35.5. The van der Waals surface area contributed by atoms with Gasteiger partial charge in [-0.3, -0.25) is 19.1 Å². The van der Waals surface area contributed by atoms with Crippen LogP contribution < -0.4 is 16.1 Å². The van der Waals surface area contributed by atoms with Gasteiger partial charge in [-0.25, -0.2) is 14.2 Å². The van der Waals surface area contributed by atoms with Gasteiger partial charge in [0.15, 0.2) is 17.9 Å². The van der Waals surface area contributed by atoms with Crippen molar-refractivity contribution in [3.05, 3.63) is 50.1 Å². The number of ether oxygens (including phenoxy) is 1. The Morgan fingerprint density at radius 2 is 1.80 bits per heavy atom. The minimum atomic E-state index is -1.01. The zero-order valence-electron chi connectivity index (χ0n) is 19.4. The summed E-state index contributed by atoms with van der Waals surface area (Å²) in [7, 11) is 0. The van der Waals surface area contributed by atoms with Gasteiger partial charge in [-0.05, 0) is 32.9 Å². The Bertz CT molecular complexity index is 1410. The summed E-state index contributed by atoms with van der Waals surface area (Å²) in [4.78, 5) is 59.9.